The van der Waals surface area contributed by atoms with Crippen LogP contribution in [-0.2, 0) is 17.8 Å². The van der Waals surface area contributed by atoms with E-state index in [1.807, 2.05) is 30.5 Å². The van der Waals surface area contributed by atoms with Crippen molar-refractivity contribution in [3.63, 3.8) is 0 Å². The monoisotopic (exact) mass is 419 g/mol. The number of carbonyl (C=O) groups excluding carboxylic acids is 1. The molecule has 1 aliphatic rings. The summed E-state index contributed by atoms with van der Waals surface area (Å²) < 4.78 is 1.79. The molecule has 1 amide bonds. The van der Waals surface area contributed by atoms with Crippen LogP contribution in [0, 0.1) is 0 Å². The molecule has 1 aliphatic heterocycles. The molecule has 1 unspecified atom stereocenters. The molecule has 1 N–H and O–H groups in total. The number of aryl methyl sites for hydroxylation is 1. The molecular formula is C23H29N7O. The molecule has 3 aromatic heterocycles. The smallest absolute Gasteiger partial charge is 0.243 e. The summed E-state index contributed by atoms with van der Waals surface area (Å²) >= 11 is 0. The molecule has 0 bridgehead atoms. The predicted molar refractivity (Wildman–Crippen MR) is 117 cm³/mol. The topological polar surface area (TPSA) is 88.8 Å². The first kappa shape index (κ1) is 21.1. The lowest BCUT2D eigenvalue weighted by Gasteiger charge is -2.33. The Morgan fingerprint density at radius 3 is 2.71 bits per heavy atom. The fourth-order valence-corrected chi connectivity index (χ4v) is 3.96. The number of hydrogen-bond donors (Lipinski definition) is 1. The average Bonchev–Trinajstić information content (AvgIpc) is 3.35. The van der Waals surface area contributed by atoms with Crippen LogP contribution in [0.2, 0.25) is 0 Å². The number of likely N-dealkylation sites (tertiary alicyclic amines) is 1. The van der Waals surface area contributed by atoms with Crippen molar-refractivity contribution in [1.29, 1.82) is 0 Å². The zero-order valence-corrected chi connectivity index (χ0v) is 17.9. The van der Waals surface area contributed by atoms with Gasteiger partial charge < -0.3 is 5.32 Å². The quantitative estimate of drug-likeness (QED) is 0.604. The highest BCUT2D eigenvalue weighted by molar-refractivity contribution is 5.82. The van der Waals surface area contributed by atoms with Gasteiger partial charge in [-0.3, -0.25) is 19.2 Å². The molecule has 0 aliphatic carbocycles. The van der Waals surface area contributed by atoms with Gasteiger partial charge in [0.1, 0.15) is 12.4 Å². The third kappa shape index (κ3) is 5.32. The van der Waals surface area contributed by atoms with Crippen molar-refractivity contribution < 1.29 is 4.79 Å². The lowest BCUT2D eigenvalue weighted by molar-refractivity contribution is -0.127. The van der Waals surface area contributed by atoms with Crippen LogP contribution in [0.4, 0.5) is 0 Å². The number of rotatable bonds is 8. The number of nitrogens with one attached hydrogen (secondary N) is 1. The molecule has 162 valence electrons. The third-order valence-electron chi connectivity index (χ3n) is 5.48. The Balaban J connectivity index is 1.66. The fraction of sp³-hybridized carbons (Fsp3) is 0.435. The number of imidazole rings is 1. The maximum absolute atomic E-state index is 13.4. The third-order valence-corrected chi connectivity index (χ3v) is 5.48. The van der Waals surface area contributed by atoms with Crippen molar-refractivity contribution in [1.82, 2.24) is 34.7 Å². The summed E-state index contributed by atoms with van der Waals surface area (Å²) in [4.78, 5) is 33.6. The van der Waals surface area contributed by atoms with E-state index in [2.05, 4.69) is 27.1 Å². The number of pyridine rings is 1. The molecule has 4 rings (SSSR count). The normalized spacial score (nSPS) is 15.5. The Morgan fingerprint density at radius 2 is 2.00 bits per heavy atom. The average molecular weight is 420 g/mol. The summed E-state index contributed by atoms with van der Waals surface area (Å²) in [6.45, 7) is 4.29. The number of carbonyl (C=O) groups is 1. The second-order valence-electron chi connectivity index (χ2n) is 7.84. The Hall–Kier alpha value is -3.13. The molecule has 8 nitrogen and oxygen atoms in total. The number of piperidine rings is 1. The lowest BCUT2D eigenvalue weighted by atomic mass is 10.0. The largest absolute Gasteiger partial charge is 0.349 e. The first-order valence-corrected chi connectivity index (χ1v) is 11.0. The molecule has 0 spiro atoms. The van der Waals surface area contributed by atoms with Gasteiger partial charge >= 0.3 is 0 Å². The zero-order valence-electron chi connectivity index (χ0n) is 17.9. The van der Waals surface area contributed by atoms with Gasteiger partial charge in [-0.15, -0.1) is 0 Å². The highest BCUT2D eigenvalue weighted by Gasteiger charge is 2.31. The highest BCUT2D eigenvalue weighted by atomic mass is 16.2. The minimum atomic E-state index is -0.454. The minimum Gasteiger partial charge on any atom is -0.349 e. The molecule has 8 heteroatoms. The molecule has 4 heterocycles. The van der Waals surface area contributed by atoms with Gasteiger partial charge in [-0.2, -0.15) is 0 Å². The number of amides is 1. The maximum Gasteiger partial charge on any atom is 0.243 e. The number of hydrogen-bond acceptors (Lipinski definition) is 6. The molecular weight excluding hydrogens is 390 g/mol. The summed E-state index contributed by atoms with van der Waals surface area (Å²) in [6, 6.07) is 7.25. The van der Waals surface area contributed by atoms with Gasteiger partial charge in [0.05, 0.1) is 17.9 Å². The van der Waals surface area contributed by atoms with E-state index < -0.39 is 6.04 Å². The second kappa shape index (κ2) is 10.3. The summed E-state index contributed by atoms with van der Waals surface area (Å²) in [5, 5.41) is 3.08. The Labute approximate surface area is 182 Å². The molecule has 3 aromatic rings. The van der Waals surface area contributed by atoms with E-state index in [1.54, 1.807) is 23.3 Å². The van der Waals surface area contributed by atoms with Crippen molar-refractivity contribution >= 4 is 5.91 Å². The number of nitrogens with zero attached hydrogens (tertiary/aromatic N) is 6. The van der Waals surface area contributed by atoms with Crippen LogP contribution in [0.5, 0.6) is 0 Å². The van der Waals surface area contributed by atoms with Gasteiger partial charge in [0, 0.05) is 24.3 Å². The second-order valence-corrected chi connectivity index (χ2v) is 7.84. The Morgan fingerprint density at radius 1 is 1.13 bits per heavy atom. The van der Waals surface area contributed by atoms with Crippen molar-refractivity contribution in [2.75, 3.05) is 13.1 Å². The molecule has 1 atom stereocenters. The lowest BCUT2D eigenvalue weighted by Crippen LogP contribution is -2.43. The SMILES string of the molecule is CCCc1cc(C(C(=O)NCc2ccccn2)N2CCCCC2)nc(-n2ccnc2)n1. The molecule has 1 fully saturated rings. The zero-order chi connectivity index (χ0) is 21.5. The van der Waals surface area contributed by atoms with E-state index in [-0.39, 0.29) is 5.91 Å². The first-order valence-electron chi connectivity index (χ1n) is 11.0. The van der Waals surface area contributed by atoms with Gasteiger partial charge in [-0.05, 0) is 50.6 Å². The maximum atomic E-state index is 13.4. The van der Waals surface area contributed by atoms with Crippen LogP contribution in [-0.4, -0.2) is 48.4 Å². The number of aromatic nitrogens is 5. The Kier molecular flexibility index (Phi) is 6.99. The van der Waals surface area contributed by atoms with E-state index in [1.165, 1.54) is 6.42 Å². The Bertz CT molecular complexity index is 969. The van der Waals surface area contributed by atoms with Crippen LogP contribution in [0.15, 0.2) is 49.2 Å². The summed E-state index contributed by atoms with van der Waals surface area (Å²) in [5.41, 5.74) is 2.51. The minimum absolute atomic E-state index is 0.0507. The first-order chi connectivity index (χ1) is 15.2. The van der Waals surface area contributed by atoms with Crippen LogP contribution >= 0.6 is 0 Å². The van der Waals surface area contributed by atoms with E-state index in [9.17, 15) is 4.79 Å². The summed E-state index contributed by atoms with van der Waals surface area (Å²) in [7, 11) is 0. The molecule has 1 saturated heterocycles. The van der Waals surface area contributed by atoms with Crippen molar-refractivity contribution in [2.45, 2.75) is 51.6 Å². The van der Waals surface area contributed by atoms with E-state index >= 15 is 0 Å². The van der Waals surface area contributed by atoms with Crippen LogP contribution < -0.4 is 5.32 Å². The molecule has 31 heavy (non-hydrogen) atoms. The van der Waals surface area contributed by atoms with Gasteiger partial charge in [0.25, 0.3) is 0 Å². The van der Waals surface area contributed by atoms with Gasteiger partial charge in [-0.1, -0.05) is 25.8 Å². The standard InChI is InChI=1S/C23H29N7O/c1-2-8-18-15-20(28-23(27-18)30-14-11-24-17-30)21(29-12-6-3-7-13-29)22(31)26-16-19-9-4-5-10-25-19/h4-5,9-11,14-15,17,21H,2-3,6-8,12-13,16H2,1H3,(H,26,31). The van der Waals surface area contributed by atoms with Crippen molar-refractivity contribution in [3.8, 4) is 5.95 Å². The van der Waals surface area contributed by atoms with E-state index in [0.29, 0.717) is 12.5 Å². The fourth-order valence-electron chi connectivity index (χ4n) is 3.96. The summed E-state index contributed by atoms with van der Waals surface area (Å²) in [6.07, 6.45) is 12.1. The van der Waals surface area contributed by atoms with E-state index in [0.717, 1.165) is 55.9 Å². The van der Waals surface area contributed by atoms with Crippen molar-refractivity contribution in [2.24, 2.45) is 0 Å². The highest BCUT2D eigenvalue weighted by Crippen LogP contribution is 2.25. The molecule has 0 aromatic carbocycles. The predicted octanol–water partition coefficient (Wildman–Crippen LogP) is 2.85. The summed E-state index contributed by atoms with van der Waals surface area (Å²) in [5.74, 6) is 0.503. The van der Waals surface area contributed by atoms with Crippen molar-refractivity contribution in [3.05, 3.63) is 66.3 Å². The van der Waals surface area contributed by atoms with Gasteiger partial charge in [0.15, 0.2) is 0 Å². The van der Waals surface area contributed by atoms with Crippen LogP contribution in [0.25, 0.3) is 5.95 Å². The molecule has 0 saturated carbocycles. The van der Waals surface area contributed by atoms with E-state index in [4.69, 9.17) is 9.97 Å². The van der Waals surface area contributed by atoms with Crippen LogP contribution in [0.1, 0.15) is 55.7 Å². The molecule has 0 radical (unpaired) electrons. The van der Waals surface area contributed by atoms with Gasteiger partial charge in [0.2, 0.25) is 11.9 Å². The van der Waals surface area contributed by atoms with Crippen LogP contribution in [0.3, 0.4) is 0 Å². The van der Waals surface area contributed by atoms with Gasteiger partial charge in [-0.25, -0.2) is 15.0 Å².